The van der Waals surface area contributed by atoms with Crippen molar-refractivity contribution in [2.75, 3.05) is 6.54 Å². The SMILES string of the molecule is Cc1c(C(=O)NCCCCC(=O)O)sc2cccc(F)c12. The molecule has 2 N–H and O–H groups in total. The summed E-state index contributed by atoms with van der Waals surface area (Å²) in [5, 5.41) is 11.8. The van der Waals surface area contributed by atoms with Crippen LogP contribution in [0.15, 0.2) is 18.2 Å². The fraction of sp³-hybridized carbons (Fsp3) is 0.333. The lowest BCUT2D eigenvalue weighted by Gasteiger charge is -2.03. The molecule has 1 aromatic carbocycles. The Kier molecular flexibility index (Phi) is 4.90. The largest absolute Gasteiger partial charge is 0.481 e. The van der Waals surface area contributed by atoms with Gasteiger partial charge in [-0.3, -0.25) is 9.59 Å². The van der Waals surface area contributed by atoms with Crippen molar-refractivity contribution in [3.8, 4) is 0 Å². The number of rotatable bonds is 6. The van der Waals surface area contributed by atoms with Crippen LogP contribution in [0.2, 0.25) is 0 Å². The van der Waals surface area contributed by atoms with Crippen LogP contribution in [0.5, 0.6) is 0 Å². The molecule has 0 saturated carbocycles. The van der Waals surface area contributed by atoms with Gasteiger partial charge in [0.1, 0.15) is 5.82 Å². The summed E-state index contributed by atoms with van der Waals surface area (Å²) in [5.41, 5.74) is 0.649. The van der Waals surface area contributed by atoms with Crippen LogP contribution in [0.1, 0.15) is 34.5 Å². The molecule has 0 aliphatic heterocycles. The molecule has 112 valence electrons. The molecular formula is C15H16FNO3S. The van der Waals surface area contributed by atoms with Crippen molar-refractivity contribution in [3.63, 3.8) is 0 Å². The van der Waals surface area contributed by atoms with Gasteiger partial charge in [-0.1, -0.05) is 6.07 Å². The summed E-state index contributed by atoms with van der Waals surface area (Å²) >= 11 is 1.27. The van der Waals surface area contributed by atoms with Gasteiger partial charge in [-0.25, -0.2) is 4.39 Å². The van der Waals surface area contributed by atoms with Crippen molar-refractivity contribution in [1.82, 2.24) is 5.32 Å². The topological polar surface area (TPSA) is 66.4 Å². The molecule has 1 amide bonds. The number of aryl methyl sites for hydroxylation is 1. The highest BCUT2D eigenvalue weighted by Gasteiger charge is 2.17. The first-order chi connectivity index (χ1) is 10.0. The maximum Gasteiger partial charge on any atom is 0.303 e. The van der Waals surface area contributed by atoms with E-state index in [1.54, 1.807) is 19.1 Å². The smallest absolute Gasteiger partial charge is 0.303 e. The zero-order chi connectivity index (χ0) is 15.4. The number of carboxylic acid groups (broad SMARTS) is 1. The standard InChI is InChI=1S/C15H16FNO3S/c1-9-13-10(16)5-4-6-11(13)21-14(9)15(20)17-8-3-2-7-12(18)19/h4-6H,2-3,7-8H2,1H3,(H,17,20)(H,18,19). The molecule has 1 heterocycles. The Bertz CT molecular complexity index is 681. The Morgan fingerprint density at radius 2 is 2.10 bits per heavy atom. The molecule has 21 heavy (non-hydrogen) atoms. The van der Waals surface area contributed by atoms with Crippen molar-refractivity contribution < 1.29 is 19.1 Å². The van der Waals surface area contributed by atoms with Crippen molar-refractivity contribution in [3.05, 3.63) is 34.5 Å². The minimum absolute atomic E-state index is 0.100. The number of amides is 1. The minimum Gasteiger partial charge on any atom is -0.481 e. The van der Waals surface area contributed by atoms with E-state index < -0.39 is 5.97 Å². The Morgan fingerprint density at radius 1 is 1.33 bits per heavy atom. The highest BCUT2D eigenvalue weighted by atomic mass is 32.1. The van der Waals surface area contributed by atoms with Gasteiger partial charge < -0.3 is 10.4 Å². The minimum atomic E-state index is -0.836. The van der Waals surface area contributed by atoms with Gasteiger partial charge in [-0.2, -0.15) is 0 Å². The van der Waals surface area contributed by atoms with E-state index in [1.807, 2.05) is 0 Å². The number of hydrogen-bond donors (Lipinski definition) is 2. The third-order valence-electron chi connectivity index (χ3n) is 3.21. The molecule has 4 nitrogen and oxygen atoms in total. The molecule has 0 unspecified atom stereocenters. The number of carbonyl (C=O) groups excluding carboxylic acids is 1. The van der Waals surface area contributed by atoms with Gasteiger partial charge in [-0.15, -0.1) is 11.3 Å². The van der Waals surface area contributed by atoms with Crippen molar-refractivity contribution >= 4 is 33.3 Å². The van der Waals surface area contributed by atoms with E-state index in [0.29, 0.717) is 35.2 Å². The predicted molar refractivity (Wildman–Crippen MR) is 80.3 cm³/mol. The number of unbranched alkanes of at least 4 members (excludes halogenated alkanes) is 1. The predicted octanol–water partition coefficient (Wildman–Crippen LogP) is 3.33. The lowest BCUT2D eigenvalue weighted by Crippen LogP contribution is -2.24. The molecule has 2 aromatic rings. The van der Waals surface area contributed by atoms with E-state index in [4.69, 9.17) is 5.11 Å². The molecule has 0 saturated heterocycles. The molecule has 0 aliphatic rings. The number of hydrogen-bond acceptors (Lipinski definition) is 3. The lowest BCUT2D eigenvalue weighted by atomic mass is 10.1. The molecule has 1 aromatic heterocycles. The average Bonchev–Trinajstić information content (AvgIpc) is 2.76. The Hall–Kier alpha value is -1.95. The number of halogens is 1. The molecule has 6 heteroatoms. The van der Waals surface area contributed by atoms with E-state index in [0.717, 1.165) is 4.70 Å². The fourth-order valence-corrected chi connectivity index (χ4v) is 3.29. The Labute approximate surface area is 125 Å². The second kappa shape index (κ2) is 6.67. The summed E-state index contributed by atoms with van der Waals surface area (Å²) in [6, 6.07) is 4.80. The maximum absolute atomic E-state index is 13.8. The quantitative estimate of drug-likeness (QED) is 0.804. The van der Waals surface area contributed by atoms with E-state index in [-0.39, 0.29) is 18.1 Å². The van der Waals surface area contributed by atoms with Crippen molar-refractivity contribution in [2.24, 2.45) is 0 Å². The summed E-state index contributed by atoms with van der Waals surface area (Å²) in [4.78, 5) is 23.0. The molecule has 0 radical (unpaired) electrons. The molecule has 0 fully saturated rings. The highest BCUT2D eigenvalue weighted by molar-refractivity contribution is 7.21. The average molecular weight is 309 g/mol. The van der Waals surface area contributed by atoms with Gasteiger partial charge in [0.05, 0.1) is 4.88 Å². The zero-order valence-electron chi connectivity index (χ0n) is 11.6. The van der Waals surface area contributed by atoms with Crippen LogP contribution in [0.4, 0.5) is 4.39 Å². The number of thiophene rings is 1. The number of nitrogens with one attached hydrogen (secondary N) is 1. The molecule has 0 atom stereocenters. The number of carbonyl (C=O) groups is 2. The first-order valence-electron chi connectivity index (χ1n) is 6.68. The van der Waals surface area contributed by atoms with Gasteiger partial charge >= 0.3 is 5.97 Å². The molecule has 2 rings (SSSR count). The second-order valence-corrected chi connectivity index (χ2v) is 5.83. The normalized spacial score (nSPS) is 10.8. The molecule has 0 spiro atoms. The summed E-state index contributed by atoms with van der Waals surface area (Å²) in [6.07, 6.45) is 1.23. The summed E-state index contributed by atoms with van der Waals surface area (Å²) in [7, 11) is 0. The number of fused-ring (bicyclic) bond motifs is 1. The van der Waals surface area contributed by atoms with Gasteiger partial charge in [0.15, 0.2) is 0 Å². The van der Waals surface area contributed by atoms with Gasteiger partial charge in [0.2, 0.25) is 0 Å². The van der Waals surface area contributed by atoms with Gasteiger partial charge in [0, 0.05) is 23.1 Å². The van der Waals surface area contributed by atoms with Gasteiger partial charge in [-0.05, 0) is 37.5 Å². The van der Waals surface area contributed by atoms with Crippen LogP contribution in [0, 0.1) is 12.7 Å². The summed E-state index contributed by atoms with van der Waals surface area (Å²) in [6.45, 7) is 2.16. The van der Waals surface area contributed by atoms with E-state index in [9.17, 15) is 14.0 Å². The fourth-order valence-electron chi connectivity index (χ4n) is 2.15. The van der Waals surface area contributed by atoms with Crippen LogP contribution in [0.3, 0.4) is 0 Å². The first kappa shape index (κ1) is 15.4. The van der Waals surface area contributed by atoms with Crippen LogP contribution in [-0.2, 0) is 4.79 Å². The van der Waals surface area contributed by atoms with Crippen LogP contribution in [-0.4, -0.2) is 23.5 Å². The highest BCUT2D eigenvalue weighted by Crippen LogP contribution is 2.32. The zero-order valence-corrected chi connectivity index (χ0v) is 12.4. The molecule has 0 aliphatic carbocycles. The Morgan fingerprint density at radius 3 is 2.76 bits per heavy atom. The third-order valence-corrected chi connectivity index (χ3v) is 4.47. The second-order valence-electron chi connectivity index (χ2n) is 4.78. The number of carboxylic acids is 1. The van der Waals surface area contributed by atoms with Crippen molar-refractivity contribution in [1.29, 1.82) is 0 Å². The van der Waals surface area contributed by atoms with Crippen molar-refractivity contribution in [2.45, 2.75) is 26.2 Å². The monoisotopic (exact) mass is 309 g/mol. The molecular weight excluding hydrogens is 293 g/mol. The lowest BCUT2D eigenvalue weighted by molar-refractivity contribution is -0.137. The first-order valence-corrected chi connectivity index (χ1v) is 7.50. The van der Waals surface area contributed by atoms with Crippen LogP contribution in [0.25, 0.3) is 10.1 Å². The van der Waals surface area contributed by atoms with E-state index in [2.05, 4.69) is 5.32 Å². The summed E-state index contributed by atoms with van der Waals surface area (Å²) < 4.78 is 14.5. The third kappa shape index (κ3) is 3.58. The van der Waals surface area contributed by atoms with Crippen LogP contribution >= 0.6 is 11.3 Å². The Balaban J connectivity index is 2.01. The maximum atomic E-state index is 13.8. The summed E-state index contributed by atoms with van der Waals surface area (Å²) in [5.74, 6) is -1.39. The number of aliphatic carboxylic acids is 1. The van der Waals surface area contributed by atoms with Crippen LogP contribution < -0.4 is 5.32 Å². The molecule has 0 bridgehead atoms. The van der Waals surface area contributed by atoms with E-state index in [1.165, 1.54) is 17.4 Å². The number of benzene rings is 1. The van der Waals surface area contributed by atoms with Gasteiger partial charge in [0.25, 0.3) is 5.91 Å². The van der Waals surface area contributed by atoms with E-state index >= 15 is 0 Å².